The first-order valence-corrected chi connectivity index (χ1v) is 9.74. The summed E-state index contributed by atoms with van der Waals surface area (Å²) in [6.45, 7) is 0.561. The number of alkyl halides is 3. The molecule has 1 aliphatic heterocycles. The summed E-state index contributed by atoms with van der Waals surface area (Å²) < 4.78 is 42.4. The fourth-order valence-electron chi connectivity index (χ4n) is 3.41. The van der Waals surface area contributed by atoms with Gasteiger partial charge in [0.1, 0.15) is 5.75 Å². The minimum absolute atomic E-state index is 0.0512. The molecule has 0 radical (unpaired) electrons. The molecule has 0 N–H and O–H groups in total. The molecular weight excluding hydrogens is 389 g/mol. The number of hydrogen-bond acceptors (Lipinski definition) is 4. The fourth-order valence-corrected chi connectivity index (χ4v) is 4.37. The summed E-state index contributed by atoms with van der Waals surface area (Å²) in [7, 11) is 0. The third kappa shape index (κ3) is 4.11. The maximum atomic E-state index is 12.8. The standard InChI is InChI=1S/C20H17F3N2O2S/c21-20(22,23)27-14-7-8-16-13(12-14)4-3-11-25(16)19(26)10-9-18-24-15-5-1-2-6-17(15)28-18/h1-2,5-8,12H,3-4,9-11H2. The van der Waals surface area contributed by atoms with E-state index in [0.29, 0.717) is 43.5 Å². The molecule has 8 heteroatoms. The minimum Gasteiger partial charge on any atom is -0.406 e. The van der Waals surface area contributed by atoms with Gasteiger partial charge >= 0.3 is 6.36 Å². The van der Waals surface area contributed by atoms with Crippen molar-refractivity contribution in [2.75, 3.05) is 11.4 Å². The summed E-state index contributed by atoms with van der Waals surface area (Å²) in [6.07, 6.45) is -2.56. The number of fused-ring (bicyclic) bond motifs is 2. The summed E-state index contributed by atoms with van der Waals surface area (Å²) in [5, 5.41) is 0.903. The molecule has 0 aliphatic carbocycles. The molecule has 0 saturated heterocycles. The lowest BCUT2D eigenvalue weighted by Gasteiger charge is -2.30. The molecule has 146 valence electrons. The fraction of sp³-hybridized carbons (Fsp3) is 0.300. The molecule has 1 amide bonds. The number of para-hydroxylation sites is 1. The number of benzene rings is 2. The summed E-state index contributed by atoms with van der Waals surface area (Å²) in [6, 6.07) is 12.0. The van der Waals surface area contributed by atoms with Gasteiger partial charge in [-0.05, 0) is 48.7 Å². The monoisotopic (exact) mass is 406 g/mol. The van der Waals surface area contributed by atoms with E-state index >= 15 is 0 Å². The van der Waals surface area contributed by atoms with Gasteiger partial charge in [-0.25, -0.2) is 4.98 Å². The average molecular weight is 406 g/mol. The molecule has 0 atom stereocenters. The number of aryl methyl sites for hydroxylation is 2. The topological polar surface area (TPSA) is 42.4 Å². The second-order valence-corrected chi connectivity index (χ2v) is 7.68. The number of ether oxygens (including phenoxy) is 1. The Labute approximate surface area is 163 Å². The van der Waals surface area contributed by atoms with Crippen LogP contribution in [0, 0.1) is 0 Å². The highest BCUT2D eigenvalue weighted by Crippen LogP contribution is 2.33. The van der Waals surface area contributed by atoms with Gasteiger partial charge in [0.25, 0.3) is 0 Å². The van der Waals surface area contributed by atoms with Crippen LogP contribution in [0.1, 0.15) is 23.4 Å². The third-order valence-corrected chi connectivity index (χ3v) is 5.69. The summed E-state index contributed by atoms with van der Waals surface area (Å²) >= 11 is 1.57. The van der Waals surface area contributed by atoms with Crippen LogP contribution in [0.4, 0.5) is 18.9 Å². The van der Waals surface area contributed by atoms with Crippen LogP contribution in [-0.2, 0) is 17.6 Å². The predicted molar refractivity (Wildman–Crippen MR) is 102 cm³/mol. The van der Waals surface area contributed by atoms with Gasteiger partial charge in [0.15, 0.2) is 0 Å². The van der Waals surface area contributed by atoms with Crippen molar-refractivity contribution < 1.29 is 22.7 Å². The van der Waals surface area contributed by atoms with Crippen molar-refractivity contribution in [1.29, 1.82) is 0 Å². The number of halogens is 3. The number of aromatic nitrogens is 1. The molecular formula is C20H17F3N2O2S. The van der Waals surface area contributed by atoms with E-state index in [1.54, 1.807) is 16.2 Å². The first kappa shape index (κ1) is 18.7. The Kier molecular flexibility index (Phi) is 4.97. The number of carbonyl (C=O) groups is 1. The van der Waals surface area contributed by atoms with Crippen molar-refractivity contribution in [1.82, 2.24) is 4.98 Å². The molecule has 1 aliphatic rings. The Hall–Kier alpha value is -2.61. The number of anilines is 1. The van der Waals surface area contributed by atoms with E-state index in [9.17, 15) is 18.0 Å². The maximum absolute atomic E-state index is 12.8. The van der Waals surface area contributed by atoms with Crippen LogP contribution in [-0.4, -0.2) is 23.8 Å². The van der Waals surface area contributed by atoms with Gasteiger partial charge in [-0.1, -0.05) is 12.1 Å². The van der Waals surface area contributed by atoms with E-state index in [0.717, 1.165) is 15.2 Å². The molecule has 1 aromatic heterocycles. The van der Waals surface area contributed by atoms with Crippen LogP contribution in [0.5, 0.6) is 5.75 Å². The smallest absolute Gasteiger partial charge is 0.406 e. The Morgan fingerprint density at radius 1 is 1.21 bits per heavy atom. The zero-order valence-electron chi connectivity index (χ0n) is 14.8. The van der Waals surface area contributed by atoms with Crippen molar-refractivity contribution in [3.63, 3.8) is 0 Å². The number of nitrogens with zero attached hydrogens (tertiary/aromatic N) is 2. The summed E-state index contributed by atoms with van der Waals surface area (Å²) in [5.74, 6) is -0.306. The Balaban J connectivity index is 1.46. The highest BCUT2D eigenvalue weighted by Gasteiger charge is 2.32. The first-order valence-electron chi connectivity index (χ1n) is 8.92. The van der Waals surface area contributed by atoms with Gasteiger partial charge in [0.05, 0.1) is 15.2 Å². The Morgan fingerprint density at radius 3 is 2.82 bits per heavy atom. The van der Waals surface area contributed by atoms with E-state index in [1.165, 1.54) is 18.2 Å². The van der Waals surface area contributed by atoms with E-state index in [4.69, 9.17) is 0 Å². The SMILES string of the molecule is O=C(CCc1nc2ccccc2s1)N1CCCc2cc(OC(F)(F)F)ccc21. The highest BCUT2D eigenvalue weighted by molar-refractivity contribution is 7.18. The molecule has 4 rings (SSSR count). The number of hydrogen-bond donors (Lipinski definition) is 0. The number of rotatable bonds is 4. The van der Waals surface area contributed by atoms with Crippen LogP contribution in [0.3, 0.4) is 0 Å². The lowest BCUT2D eigenvalue weighted by atomic mass is 10.0. The van der Waals surface area contributed by atoms with Gasteiger partial charge in [-0.2, -0.15) is 0 Å². The highest BCUT2D eigenvalue weighted by atomic mass is 32.1. The van der Waals surface area contributed by atoms with Crippen molar-refractivity contribution in [2.24, 2.45) is 0 Å². The third-order valence-electron chi connectivity index (χ3n) is 4.60. The van der Waals surface area contributed by atoms with E-state index < -0.39 is 6.36 Å². The van der Waals surface area contributed by atoms with Crippen molar-refractivity contribution in [3.8, 4) is 5.75 Å². The number of amides is 1. The largest absolute Gasteiger partial charge is 0.573 e. The zero-order valence-corrected chi connectivity index (χ0v) is 15.6. The van der Waals surface area contributed by atoms with E-state index in [1.807, 2.05) is 24.3 Å². The normalized spacial score (nSPS) is 14.2. The summed E-state index contributed by atoms with van der Waals surface area (Å²) in [5.41, 5.74) is 2.28. The second-order valence-electron chi connectivity index (χ2n) is 6.56. The molecule has 2 heterocycles. The molecule has 0 spiro atoms. The molecule has 0 saturated carbocycles. The average Bonchev–Trinajstić information content (AvgIpc) is 3.07. The Morgan fingerprint density at radius 2 is 2.04 bits per heavy atom. The number of carbonyl (C=O) groups excluding carboxylic acids is 1. The molecule has 0 bridgehead atoms. The molecule has 0 fully saturated rings. The molecule has 28 heavy (non-hydrogen) atoms. The molecule has 2 aromatic carbocycles. The van der Waals surface area contributed by atoms with Gasteiger partial charge in [-0.3, -0.25) is 4.79 Å². The predicted octanol–water partition coefficient (Wildman–Crippen LogP) is 5.11. The van der Waals surface area contributed by atoms with Crippen LogP contribution in [0.25, 0.3) is 10.2 Å². The van der Waals surface area contributed by atoms with Crippen molar-refractivity contribution in [2.45, 2.75) is 32.0 Å². The zero-order chi connectivity index (χ0) is 19.7. The van der Waals surface area contributed by atoms with Crippen LogP contribution < -0.4 is 9.64 Å². The first-order chi connectivity index (χ1) is 13.4. The van der Waals surface area contributed by atoms with Gasteiger partial charge in [-0.15, -0.1) is 24.5 Å². The van der Waals surface area contributed by atoms with Gasteiger partial charge < -0.3 is 9.64 Å². The molecule has 0 unspecified atom stereocenters. The van der Waals surface area contributed by atoms with E-state index in [-0.39, 0.29) is 11.7 Å². The van der Waals surface area contributed by atoms with E-state index in [2.05, 4.69) is 9.72 Å². The minimum atomic E-state index is -4.73. The summed E-state index contributed by atoms with van der Waals surface area (Å²) in [4.78, 5) is 19.0. The number of thiazole rings is 1. The Bertz CT molecular complexity index is 983. The second kappa shape index (κ2) is 7.43. The molecule has 3 aromatic rings. The van der Waals surface area contributed by atoms with Gasteiger partial charge in [0.2, 0.25) is 5.91 Å². The van der Waals surface area contributed by atoms with Crippen molar-refractivity contribution in [3.05, 3.63) is 53.0 Å². The lowest BCUT2D eigenvalue weighted by Crippen LogP contribution is -2.35. The van der Waals surface area contributed by atoms with Crippen molar-refractivity contribution >= 4 is 33.1 Å². The maximum Gasteiger partial charge on any atom is 0.573 e. The lowest BCUT2D eigenvalue weighted by molar-refractivity contribution is -0.274. The van der Waals surface area contributed by atoms with Crippen LogP contribution in [0.2, 0.25) is 0 Å². The van der Waals surface area contributed by atoms with Crippen LogP contribution >= 0.6 is 11.3 Å². The quantitative estimate of drug-likeness (QED) is 0.605. The van der Waals surface area contributed by atoms with Gasteiger partial charge in [0, 0.05) is 25.1 Å². The molecule has 4 nitrogen and oxygen atoms in total. The van der Waals surface area contributed by atoms with Crippen LogP contribution in [0.15, 0.2) is 42.5 Å².